The number of ether oxygens (including phenoxy) is 1. The molecule has 0 aliphatic heterocycles. The number of phenols is 1. The first-order chi connectivity index (χ1) is 14.4. The zero-order chi connectivity index (χ0) is 21.3. The highest BCUT2D eigenvalue weighted by atomic mass is 79.9. The normalized spacial score (nSPS) is 11.1. The van der Waals surface area contributed by atoms with Crippen LogP contribution in [0.1, 0.15) is 24.2 Å². The fraction of sp³-hybridized carbons (Fsp3) is 0.130. The lowest BCUT2D eigenvalue weighted by molar-refractivity contribution is 0.102. The predicted octanol–water partition coefficient (Wildman–Crippen LogP) is 6.00. The highest BCUT2D eigenvalue weighted by Crippen LogP contribution is 2.31. The van der Waals surface area contributed by atoms with Gasteiger partial charge in [-0.2, -0.15) is 0 Å². The number of rotatable bonds is 5. The number of aromatic hydroxyl groups is 1. The van der Waals surface area contributed by atoms with Crippen molar-refractivity contribution < 1.29 is 19.1 Å². The lowest BCUT2D eigenvalue weighted by Crippen LogP contribution is -2.12. The van der Waals surface area contributed by atoms with E-state index in [1.807, 2.05) is 19.9 Å². The van der Waals surface area contributed by atoms with Gasteiger partial charge in [0, 0.05) is 16.8 Å². The Kier molecular flexibility index (Phi) is 5.46. The number of nitrogens with one attached hydrogen (secondary N) is 1. The number of aromatic nitrogens is 1. The van der Waals surface area contributed by atoms with Crippen molar-refractivity contribution in [2.24, 2.45) is 0 Å². The zero-order valence-electron chi connectivity index (χ0n) is 16.3. The molecule has 3 aromatic carbocycles. The van der Waals surface area contributed by atoms with E-state index >= 15 is 0 Å². The molecule has 4 rings (SSSR count). The molecule has 6 nitrogen and oxygen atoms in total. The quantitative estimate of drug-likeness (QED) is 0.376. The largest absolute Gasteiger partial charge is 0.507 e. The average molecular weight is 467 g/mol. The highest BCUT2D eigenvalue weighted by Gasteiger charge is 2.13. The van der Waals surface area contributed by atoms with Gasteiger partial charge in [0.05, 0.1) is 10.6 Å². The lowest BCUT2D eigenvalue weighted by Gasteiger charge is -2.11. The third-order valence-electron chi connectivity index (χ3n) is 4.31. The van der Waals surface area contributed by atoms with Crippen molar-refractivity contribution in [3.05, 3.63) is 70.7 Å². The first kappa shape index (κ1) is 20.0. The summed E-state index contributed by atoms with van der Waals surface area (Å²) in [6.07, 6.45) is 0.0290. The summed E-state index contributed by atoms with van der Waals surface area (Å²) < 4.78 is 12.0. The molecular weight excluding hydrogens is 448 g/mol. The Balaban J connectivity index is 1.56. The molecule has 2 N–H and O–H groups in total. The number of nitrogens with zero attached hydrogens (tertiary/aromatic N) is 1. The Hall–Kier alpha value is -3.32. The molecule has 0 unspecified atom stereocenters. The molecule has 0 radical (unpaired) electrons. The number of phenolic OH excluding ortho intramolecular Hbond substituents is 1. The number of hydrogen-bond donors (Lipinski definition) is 2. The van der Waals surface area contributed by atoms with Gasteiger partial charge in [0.2, 0.25) is 5.89 Å². The Morgan fingerprint density at radius 1 is 1.13 bits per heavy atom. The summed E-state index contributed by atoms with van der Waals surface area (Å²) in [6, 6.07) is 17.3. The van der Waals surface area contributed by atoms with Crippen molar-refractivity contribution in [2.75, 3.05) is 5.32 Å². The summed E-state index contributed by atoms with van der Waals surface area (Å²) in [5.74, 6) is 0.972. The van der Waals surface area contributed by atoms with Crippen molar-refractivity contribution in [1.82, 2.24) is 4.98 Å². The number of fused-ring (bicyclic) bond motifs is 1. The fourth-order valence-corrected chi connectivity index (χ4v) is 3.33. The third kappa shape index (κ3) is 4.31. The number of benzene rings is 3. The molecular formula is C23H19BrN2O4. The molecule has 0 aliphatic rings. The Bertz CT molecular complexity index is 1230. The molecule has 0 aliphatic carbocycles. The monoisotopic (exact) mass is 466 g/mol. The molecule has 4 aromatic rings. The van der Waals surface area contributed by atoms with Crippen molar-refractivity contribution in [1.29, 1.82) is 0 Å². The smallest absolute Gasteiger partial charge is 0.255 e. The molecule has 30 heavy (non-hydrogen) atoms. The molecule has 7 heteroatoms. The minimum absolute atomic E-state index is 0.0290. The predicted molar refractivity (Wildman–Crippen MR) is 119 cm³/mol. The molecule has 1 amide bonds. The number of carbonyl (C=O) groups is 1. The van der Waals surface area contributed by atoms with Gasteiger partial charge in [-0.25, -0.2) is 4.98 Å². The first-order valence-electron chi connectivity index (χ1n) is 9.36. The Morgan fingerprint density at radius 2 is 1.97 bits per heavy atom. The Morgan fingerprint density at radius 3 is 2.73 bits per heavy atom. The number of carbonyl (C=O) groups excluding carboxylic acids is 1. The van der Waals surface area contributed by atoms with Gasteiger partial charge in [-0.05, 0) is 84.4 Å². The zero-order valence-corrected chi connectivity index (χ0v) is 17.9. The van der Waals surface area contributed by atoms with E-state index in [0.29, 0.717) is 38.5 Å². The van der Waals surface area contributed by atoms with Gasteiger partial charge in [0.15, 0.2) is 5.58 Å². The summed E-state index contributed by atoms with van der Waals surface area (Å²) in [5.41, 5.74) is 3.05. The van der Waals surface area contributed by atoms with Crippen LogP contribution < -0.4 is 10.1 Å². The van der Waals surface area contributed by atoms with Gasteiger partial charge in [0.25, 0.3) is 5.91 Å². The van der Waals surface area contributed by atoms with Crippen molar-refractivity contribution in [3.63, 3.8) is 0 Å². The van der Waals surface area contributed by atoms with Crippen LogP contribution >= 0.6 is 15.9 Å². The van der Waals surface area contributed by atoms with E-state index in [9.17, 15) is 9.90 Å². The summed E-state index contributed by atoms with van der Waals surface area (Å²) in [6.45, 7) is 3.87. The first-order valence-corrected chi connectivity index (χ1v) is 10.2. The molecule has 0 atom stereocenters. The van der Waals surface area contributed by atoms with Crippen LogP contribution in [0, 0.1) is 0 Å². The number of hydrogen-bond acceptors (Lipinski definition) is 5. The second-order valence-electron chi connectivity index (χ2n) is 7.02. The molecule has 0 fully saturated rings. The van der Waals surface area contributed by atoms with E-state index in [2.05, 4.69) is 26.2 Å². The van der Waals surface area contributed by atoms with Crippen molar-refractivity contribution in [2.45, 2.75) is 20.0 Å². The maximum absolute atomic E-state index is 12.6. The van der Waals surface area contributed by atoms with E-state index in [1.54, 1.807) is 54.6 Å². The van der Waals surface area contributed by atoms with Crippen LogP contribution in [-0.4, -0.2) is 22.1 Å². The number of halogens is 1. The molecule has 1 heterocycles. The lowest BCUT2D eigenvalue weighted by atomic mass is 10.2. The summed E-state index contributed by atoms with van der Waals surface area (Å²) in [5, 5.41) is 12.5. The van der Waals surface area contributed by atoms with E-state index in [4.69, 9.17) is 9.15 Å². The Labute approximate surface area is 181 Å². The number of oxazole rings is 1. The topological polar surface area (TPSA) is 84.6 Å². The van der Waals surface area contributed by atoms with Gasteiger partial charge in [-0.3, -0.25) is 4.79 Å². The number of amides is 1. The van der Waals surface area contributed by atoms with Crippen molar-refractivity contribution >= 4 is 38.6 Å². The van der Waals surface area contributed by atoms with Crippen LogP contribution in [0.3, 0.4) is 0 Å². The average Bonchev–Trinajstić information content (AvgIpc) is 3.13. The summed E-state index contributed by atoms with van der Waals surface area (Å²) in [4.78, 5) is 17.1. The van der Waals surface area contributed by atoms with Crippen LogP contribution in [0.15, 0.2) is 69.6 Å². The van der Waals surface area contributed by atoms with E-state index < -0.39 is 0 Å². The van der Waals surface area contributed by atoms with E-state index in [0.717, 1.165) is 5.56 Å². The molecule has 1 aromatic heterocycles. The van der Waals surface area contributed by atoms with Crippen LogP contribution in [0.5, 0.6) is 11.5 Å². The molecule has 152 valence electrons. The summed E-state index contributed by atoms with van der Waals surface area (Å²) >= 11 is 3.29. The third-order valence-corrected chi connectivity index (χ3v) is 4.94. The van der Waals surface area contributed by atoms with E-state index in [-0.39, 0.29) is 17.8 Å². The van der Waals surface area contributed by atoms with Crippen LogP contribution in [0.25, 0.3) is 22.6 Å². The fourth-order valence-electron chi connectivity index (χ4n) is 2.95. The van der Waals surface area contributed by atoms with Crippen molar-refractivity contribution in [3.8, 4) is 23.0 Å². The highest BCUT2D eigenvalue weighted by molar-refractivity contribution is 9.10. The second kappa shape index (κ2) is 8.20. The molecule has 0 bridgehead atoms. The van der Waals surface area contributed by atoms with Gasteiger partial charge >= 0.3 is 0 Å². The van der Waals surface area contributed by atoms with Gasteiger partial charge in [-0.1, -0.05) is 6.07 Å². The van der Waals surface area contributed by atoms with Crippen LogP contribution in [0.4, 0.5) is 5.69 Å². The van der Waals surface area contributed by atoms with Crippen LogP contribution in [-0.2, 0) is 0 Å². The molecule has 0 saturated carbocycles. The SMILES string of the molecule is CC(C)Oc1cccc(C(=O)Nc2ccc3oc(-c4ccc(O)c(Br)c4)nc3c2)c1. The standard InChI is InChI=1S/C23H19BrN2O4/c1-13(2)29-17-5-3-4-14(10-17)22(28)25-16-7-9-21-19(12-16)26-23(30-21)15-6-8-20(27)18(24)11-15/h3-13,27H,1-2H3,(H,25,28). The minimum Gasteiger partial charge on any atom is -0.507 e. The van der Waals surface area contributed by atoms with Gasteiger partial charge in [-0.15, -0.1) is 0 Å². The van der Waals surface area contributed by atoms with E-state index in [1.165, 1.54) is 0 Å². The maximum Gasteiger partial charge on any atom is 0.255 e. The minimum atomic E-state index is -0.241. The number of anilines is 1. The molecule has 0 spiro atoms. The van der Waals surface area contributed by atoms with Gasteiger partial charge < -0.3 is 19.6 Å². The van der Waals surface area contributed by atoms with Crippen LogP contribution in [0.2, 0.25) is 0 Å². The molecule has 0 saturated heterocycles. The summed E-state index contributed by atoms with van der Waals surface area (Å²) in [7, 11) is 0. The van der Waals surface area contributed by atoms with Gasteiger partial charge in [0.1, 0.15) is 17.0 Å². The maximum atomic E-state index is 12.6. The second-order valence-corrected chi connectivity index (χ2v) is 7.87.